The highest BCUT2D eigenvalue weighted by Crippen LogP contribution is 2.00. The van der Waals surface area contributed by atoms with E-state index in [1.807, 2.05) is 5.43 Å². The molecule has 0 aliphatic carbocycles. The van der Waals surface area contributed by atoms with Crippen LogP contribution in [0.25, 0.3) is 0 Å². The van der Waals surface area contributed by atoms with E-state index in [4.69, 9.17) is 15.9 Å². The fraction of sp³-hybridized carbons (Fsp3) is 0.385. The summed E-state index contributed by atoms with van der Waals surface area (Å²) in [6, 6.07) is 3.81. The van der Waals surface area contributed by atoms with Crippen molar-refractivity contribution in [3.05, 3.63) is 23.8 Å². The average molecular weight is 337 g/mol. The maximum Gasteiger partial charge on any atom is 0.488 e. The second-order valence-corrected chi connectivity index (χ2v) is 5.23. The van der Waals surface area contributed by atoms with Gasteiger partial charge in [-0.05, 0) is 29.8 Å². The van der Waals surface area contributed by atoms with Crippen molar-refractivity contribution in [2.24, 2.45) is 5.84 Å². The van der Waals surface area contributed by atoms with Gasteiger partial charge < -0.3 is 25.4 Å². The quantitative estimate of drug-likeness (QED) is 0.0802. The van der Waals surface area contributed by atoms with Gasteiger partial charge in [-0.25, -0.2) is 5.84 Å². The predicted octanol–water partition coefficient (Wildman–Crippen LogP) is -3.67. The second kappa shape index (κ2) is 10.1. The van der Waals surface area contributed by atoms with Gasteiger partial charge in [-0.3, -0.25) is 15.0 Å². The van der Waals surface area contributed by atoms with Crippen LogP contribution in [0.3, 0.4) is 0 Å². The van der Waals surface area contributed by atoms with Crippen molar-refractivity contribution in [2.75, 3.05) is 6.54 Å². The Bertz CT molecular complexity index is 571. The molecular formula is C13H21B2N3O6. The van der Waals surface area contributed by atoms with E-state index >= 15 is 0 Å². The Balaban J connectivity index is 2.50. The molecule has 0 aliphatic heterocycles. The number of hydrogen-bond acceptors (Lipinski definition) is 7. The summed E-state index contributed by atoms with van der Waals surface area (Å²) in [5.41, 5.74) is 1.98. The molecule has 0 saturated carbocycles. The van der Waals surface area contributed by atoms with Gasteiger partial charge in [0.05, 0.1) is 0 Å². The van der Waals surface area contributed by atoms with Gasteiger partial charge in [-0.15, -0.1) is 0 Å². The first-order chi connectivity index (χ1) is 11.4. The zero-order chi connectivity index (χ0) is 18.1. The molecule has 0 aliphatic rings. The molecule has 1 rings (SSSR count). The fourth-order valence-corrected chi connectivity index (χ4v) is 2.14. The molecule has 0 atom stereocenters. The van der Waals surface area contributed by atoms with Crippen LogP contribution in [-0.4, -0.2) is 52.7 Å². The number of nitrogens with one attached hydrogen (secondary N) is 2. The summed E-state index contributed by atoms with van der Waals surface area (Å²) in [7, 11) is -3.80. The van der Waals surface area contributed by atoms with Crippen molar-refractivity contribution in [1.29, 1.82) is 0 Å². The summed E-state index contributed by atoms with van der Waals surface area (Å²) in [6.45, 7) is 0.393. The van der Waals surface area contributed by atoms with Crippen molar-refractivity contribution in [3.63, 3.8) is 0 Å². The molecule has 9 nitrogen and oxygen atoms in total. The molecule has 0 spiro atoms. The number of hydrazine groups is 1. The van der Waals surface area contributed by atoms with Crippen LogP contribution in [0, 0.1) is 0 Å². The smallest absolute Gasteiger partial charge is 0.423 e. The van der Waals surface area contributed by atoms with Crippen LogP contribution < -0.4 is 27.5 Å². The molecule has 0 unspecified atom stereocenters. The van der Waals surface area contributed by atoms with E-state index < -0.39 is 20.1 Å². The largest absolute Gasteiger partial charge is 0.488 e. The van der Waals surface area contributed by atoms with Gasteiger partial charge in [0.15, 0.2) is 0 Å². The number of carbonyl (C=O) groups excluding carboxylic acids is 2. The monoisotopic (exact) mass is 337 g/mol. The molecule has 1 aromatic rings. The van der Waals surface area contributed by atoms with Gasteiger partial charge in [0.2, 0.25) is 5.91 Å². The van der Waals surface area contributed by atoms with Gasteiger partial charge in [0.25, 0.3) is 5.91 Å². The molecule has 0 heterocycles. The van der Waals surface area contributed by atoms with Crippen LogP contribution >= 0.6 is 0 Å². The van der Waals surface area contributed by atoms with E-state index in [9.17, 15) is 19.6 Å². The molecule has 11 heteroatoms. The summed E-state index contributed by atoms with van der Waals surface area (Å²) in [5, 5.41) is 39.5. The van der Waals surface area contributed by atoms with Gasteiger partial charge in [0, 0.05) is 18.5 Å². The first kappa shape index (κ1) is 20.1. The summed E-state index contributed by atoms with van der Waals surface area (Å²) in [5.74, 6) is 4.30. The second-order valence-electron chi connectivity index (χ2n) is 5.23. The highest BCUT2D eigenvalue weighted by molar-refractivity contribution is 6.71. The molecule has 0 fully saturated rings. The third-order valence-corrected chi connectivity index (χ3v) is 3.43. The number of rotatable bonds is 9. The van der Waals surface area contributed by atoms with Crippen molar-refractivity contribution in [2.45, 2.75) is 25.7 Å². The van der Waals surface area contributed by atoms with Crippen molar-refractivity contribution in [1.82, 2.24) is 10.7 Å². The first-order valence-electron chi connectivity index (χ1n) is 7.50. The lowest BCUT2D eigenvalue weighted by atomic mass is 9.65. The fourth-order valence-electron chi connectivity index (χ4n) is 2.14. The molecule has 0 radical (unpaired) electrons. The number of carbonyl (C=O) groups is 2. The maximum atomic E-state index is 12.0. The van der Waals surface area contributed by atoms with Crippen LogP contribution in [0.1, 0.15) is 36.0 Å². The highest BCUT2D eigenvalue weighted by atomic mass is 16.4. The minimum Gasteiger partial charge on any atom is -0.423 e. The Morgan fingerprint density at radius 2 is 1.67 bits per heavy atom. The predicted molar refractivity (Wildman–Crippen MR) is 89.2 cm³/mol. The van der Waals surface area contributed by atoms with E-state index in [-0.39, 0.29) is 22.4 Å². The normalized spacial score (nSPS) is 10.2. The minimum atomic E-state index is -1.93. The summed E-state index contributed by atoms with van der Waals surface area (Å²) >= 11 is 0. The van der Waals surface area contributed by atoms with Crippen LogP contribution in [0.5, 0.6) is 0 Å². The Morgan fingerprint density at radius 3 is 2.25 bits per heavy atom. The van der Waals surface area contributed by atoms with E-state index in [2.05, 4.69) is 5.32 Å². The molecule has 8 N–H and O–H groups in total. The maximum absolute atomic E-state index is 12.0. The lowest BCUT2D eigenvalue weighted by Gasteiger charge is -2.11. The molecule has 2 amide bonds. The summed E-state index contributed by atoms with van der Waals surface area (Å²) in [6.07, 6.45) is 2.40. The third-order valence-electron chi connectivity index (χ3n) is 3.43. The van der Waals surface area contributed by atoms with Gasteiger partial charge >= 0.3 is 14.2 Å². The first-order valence-corrected chi connectivity index (χ1v) is 7.50. The van der Waals surface area contributed by atoms with Crippen LogP contribution in [-0.2, 0) is 4.79 Å². The molecule has 0 aromatic heterocycles. The Morgan fingerprint density at radius 1 is 1.00 bits per heavy atom. The summed E-state index contributed by atoms with van der Waals surface area (Å²) in [4.78, 5) is 22.9. The van der Waals surface area contributed by atoms with Crippen molar-refractivity contribution < 1.29 is 29.7 Å². The van der Waals surface area contributed by atoms with Gasteiger partial charge in [-0.2, -0.15) is 0 Å². The molecule has 0 bridgehead atoms. The van der Waals surface area contributed by atoms with E-state index in [1.54, 1.807) is 0 Å². The molecule has 24 heavy (non-hydrogen) atoms. The number of nitrogens with two attached hydrogens (primary N) is 1. The van der Waals surface area contributed by atoms with Gasteiger partial charge in [-0.1, -0.05) is 18.6 Å². The van der Waals surface area contributed by atoms with Crippen molar-refractivity contribution in [3.8, 4) is 0 Å². The Kier molecular flexibility index (Phi) is 8.44. The molecule has 130 valence electrons. The topological polar surface area (TPSA) is 165 Å². The highest BCUT2D eigenvalue weighted by Gasteiger charge is 2.24. The molecule has 1 aromatic carbocycles. The van der Waals surface area contributed by atoms with E-state index in [1.165, 1.54) is 18.2 Å². The number of amides is 2. The third kappa shape index (κ3) is 6.30. The SMILES string of the molecule is NNC(=O)CCCCCNC(=O)c1ccc(B(O)O)c(B(O)O)c1. The number of unbranched alkanes of at least 4 members (excludes halogenated alkanes) is 2. The summed E-state index contributed by atoms with van der Waals surface area (Å²) < 4.78 is 0. The van der Waals surface area contributed by atoms with E-state index in [0.29, 0.717) is 25.8 Å². The van der Waals surface area contributed by atoms with Gasteiger partial charge in [0.1, 0.15) is 0 Å². The number of hydrogen-bond donors (Lipinski definition) is 7. The standard InChI is InChI=1S/C13H21B2N3O6/c16-18-12(19)4-2-1-3-7-17-13(20)9-5-6-10(14(21)22)11(8-9)15(23)24/h5-6,8,21-24H,1-4,7,16H2,(H,17,20)(H,18,19). The molecule has 0 saturated heterocycles. The zero-order valence-electron chi connectivity index (χ0n) is 13.1. The lowest BCUT2D eigenvalue weighted by molar-refractivity contribution is -0.121. The Hall–Kier alpha value is -1.91. The number of benzene rings is 1. The minimum absolute atomic E-state index is 0.0836. The van der Waals surface area contributed by atoms with Crippen LogP contribution in [0.4, 0.5) is 0 Å². The van der Waals surface area contributed by atoms with E-state index in [0.717, 1.165) is 6.42 Å². The lowest BCUT2D eigenvalue weighted by Crippen LogP contribution is -2.49. The van der Waals surface area contributed by atoms with Crippen LogP contribution in [0.2, 0.25) is 0 Å². The zero-order valence-corrected chi connectivity index (χ0v) is 13.1. The average Bonchev–Trinajstić information content (AvgIpc) is 2.56. The van der Waals surface area contributed by atoms with Crippen molar-refractivity contribution >= 4 is 37.0 Å². The van der Waals surface area contributed by atoms with Crippen LogP contribution in [0.15, 0.2) is 18.2 Å². The Labute approximate surface area is 140 Å². The molecular weight excluding hydrogens is 316 g/mol.